The standard InChI is InChI=1S/C16H20N2O3/c1-3-16(4-2,10-19)18-13-9-14(15(20)21)17-12-8-6-5-7-11(12)13/h5-9,19H,3-4,10H2,1-2H3,(H,17,18)(H,20,21). The molecule has 1 heterocycles. The molecule has 0 saturated heterocycles. The van der Waals surface area contributed by atoms with Crippen LogP contribution < -0.4 is 5.32 Å². The van der Waals surface area contributed by atoms with Gasteiger partial charge in [-0.15, -0.1) is 0 Å². The number of nitrogens with one attached hydrogen (secondary N) is 1. The third-order valence-electron chi connectivity index (χ3n) is 3.99. The van der Waals surface area contributed by atoms with Crippen LogP contribution in [0.1, 0.15) is 37.2 Å². The number of anilines is 1. The number of nitrogens with zero attached hydrogens (tertiary/aromatic N) is 1. The van der Waals surface area contributed by atoms with E-state index in [1.807, 2.05) is 32.0 Å². The van der Waals surface area contributed by atoms with E-state index < -0.39 is 11.5 Å². The Labute approximate surface area is 123 Å². The SMILES string of the molecule is CCC(CC)(CO)Nc1cc(C(=O)O)nc2ccccc12. The number of aliphatic hydroxyl groups is 1. The van der Waals surface area contributed by atoms with Crippen molar-refractivity contribution in [1.82, 2.24) is 4.98 Å². The summed E-state index contributed by atoms with van der Waals surface area (Å²) in [7, 11) is 0. The summed E-state index contributed by atoms with van der Waals surface area (Å²) in [5.74, 6) is -1.06. The van der Waals surface area contributed by atoms with Crippen molar-refractivity contribution in [3.63, 3.8) is 0 Å². The number of hydrogen-bond acceptors (Lipinski definition) is 4. The summed E-state index contributed by atoms with van der Waals surface area (Å²) in [4.78, 5) is 15.4. The largest absolute Gasteiger partial charge is 0.477 e. The number of hydrogen-bond donors (Lipinski definition) is 3. The number of carboxylic acid groups (broad SMARTS) is 1. The number of benzene rings is 1. The van der Waals surface area contributed by atoms with Crippen molar-refractivity contribution in [1.29, 1.82) is 0 Å². The van der Waals surface area contributed by atoms with Crippen molar-refractivity contribution in [2.24, 2.45) is 0 Å². The van der Waals surface area contributed by atoms with Gasteiger partial charge in [-0.3, -0.25) is 0 Å². The molecular formula is C16H20N2O3. The smallest absolute Gasteiger partial charge is 0.354 e. The van der Waals surface area contributed by atoms with Crippen molar-refractivity contribution in [2.75, 3.05) is 11.9 Å². The molecule has 2 aromatic rings. The molecule has 5 heteroatoms. The van der Waals surface area contributed by atoms with Gasteiger partial charge in [0, 0.05) is 11.1 Å². The summed E-state index contributed by atoms with van der Waals surface area (Å²) >= 11 is 0. The van der Waals surface area contributed by atoms with Crippen LogP contribution in [-0.2, 0) is 0 Å². The van der Waals surface area contributed by atoms with Crippen molar-refractivity contribution >= 4 is 22.6 Å². The third kappa shape index (κ3) is 2.97. The third-order valence-corrected chi connectivity index (χ3v) is 3.99. The van der Waals surface area contributed by atoms with Crippen LogP contribution in [0.5, 0.6) is 0 Å². The van der Waals surface area contributed by atoms with Gasteiger partial charge >= 0.3 is 5.97 Å². The van der Waals surface area contributed by atoms with Gasteiger partial charge in [0.25, 0.3) is 0 Å². The number of aromatic carboxylic acids is 1. The number of carboxylic acids is 1. The molecule has 0 amide bonds. The highest BCUT2D eigenvalue weighted by Gasteiger charge is 2.26. The molecule has 0 unspecified atom stereocenters. The van der Waals surface area contributed by atoms with Gasteiger partial charge in [0.2, 0.25) is 0 Å². The molecule has 0 aliphatic rings. The average Bonchev–Trinajstić information content (AvgIpc) is 2.52. The Hall–Kier alpha value is -2.14. The molecule has 0 bridgehead atoms. The van der Waals surface area contributed by atoms with Crippen LogP contribution >= 0.6 is 0 Å². The number of fused-ring (bicyclic) bond motifs is 1. The maximum atomic E-state index is 11.2. The molecule has 21 heavy (non-hydrogen) atoms. The summed E-state index contributed by atoms with van der Waals surface area (Å²) in [5.41, 5.74) is 0.852. The van der Waals surface area contributed by atoms with Gasteiger partial charge in [-0.1, -0.05) is 32.0 Å². The van der Waals surface area contributed by atoms with Gasteiger partial charge in [-0.2, -0.15) is 0 Å². The molecular weight excluding hydrogens is 268 g/mol. The number of pyridine rings is 1. The zero-order chi connectivity index (χ0) is 15.5. The van der Waals surface area contributed by atoms with E-state index in [9.17, 15) is 15.0 Å². The van der Waals surface area contributed by atoms with E-state index >= 15 is 0 Å². The molecule has 0 atom stereocenters. The summed E-state index contributed by atoms with van der Waals surface area (Å²) < 4.78 is 0. The summed E-state index contributed by atoms with van der Waals surface area (Å²) in [5, 5.41) is 23.1. The lowest BCUT2D eigenvalue weighted by molar-refractivity contribution is 0.0691. The molecule has 112 valence electrons. The molecule has 1 aromatic heterocycles. The molecule has 5 nitrogen and oxygen atoms in total. The van der Waals surface area contributed by atoms with Gasteiger partial charge in [0.1, 0.15) is 0 Å². The first kappa shape index (κ1) is 15.3. The first-order valence-corrected chi connectivity index (χ1v) is 7.07. The van der Waals surface area contributed by atoms with Crippen LogP contribution in [0.15, 0.2) is 30.3 Å². The first-order valence-electron chi connectivity index (χ1n) is 7.07. The predicted octanol–water partition coefficient (Wildman–Crippen LogP) is 2.90. The fourth-order valence-electron chi connectivity index (χ4n) is 2.36. The van der Waals surface area contributed by atoms with Crippen molar-refractivity contribution in [2.45, 2.75) is 32.2 Å². The second kappa shape index (κ2) is 6.10. The molecule has 1 aromatic carbocycles. The topological polar surface area (TPSA) is 82.5 Å². The average molecular weight is 288 g/mol. The Morgan fingerprint density at radius 1 is 1.29 bits per heavy atom. The van der Waals surface area contributed by atoms with Crippen LogP contribution in [-0.4, -0.2) is 33.3 Å². The molecule has 0 saturated carbocycles. The zero-order valence-corrected chi connectivity index (χ0v) is 12.3. The van der Waals surface area contributed by atoms with E-state index in [1.54, 1.807) is 6.07 Å². The molecule has 0 aliphatic carbocycles. The number of aromatic nitrogens is 1. The Kier molecular flexibility index (Phi) is 4.43. The second-order valence-electron chi connectivity index (χ2n) is 5.15. The Morgan fingerprint density at radius 3 is 2.52 bits per heavy atom. The lowest BCUT2D eigenvalue weighted by Crippen LogP contribution is -2.41. The van der Waals surface area contributed by atoms with Crippen LogP contribution in [0, 0.1) is 0 Å². The molecule has 2 rings (SSSR count). The Balaban J connectivity index is 2.58. The maximum Gasteiger partial charge on any atom is 0.354 e. The normalized spacial score (nSPS) is 11.6. The lowest BCUT2D eigenvalue weighted by atomic mass is 9.93. The molecule has 0 fully saturated rings. The number of para-hydroxylation sites is 1. The van der Waals surface area contributed by atoms with Crippen molar-refractivity contribution < 1.29 is 15.0 Å². The molecule has 0 aliphatic heterocycles. The Bertz CT molecular complexity index is 643. The maximum absolute atomic E-state index is 11.2. The van der Waals surface area contributed by atoms with E-state index in [2.05, 4.69) is 10.3 Å². The zero-order valence-electron chi connectivity index (χ0n) is 12.3. The highest BCUT2D eigenvalue weighted by atomic mass is 16.4. The Morgan fingerprint density at radius 2 is 1.95 bits per heavy atom. The lowest BCUT2D eigenvalue weighted by Gasteiger charge is -2.32. The fraction of sp³-hybridized carbons (Fsp3) is 0.375. The summed E-state index contributed by atoms with van der Waals surface area (Å²) in [6.07, 6.45) is 1.47. The minimum Gasteiger partial charge on any atom is -0.477 e. The quantitative estimate of drug-likeness (QED) is 0.761. The van der Waals surface area contributed by atoms with Gasteiger partial charge in [-0.05, 0) is 25.0 Å². The monoisotopic (exact) mass is 288 g/mol. The summed E-state index contributed by atoms with van der Waals surface area (Å²) in [6.45, 7) is 3.97. The van der Waals surface area contributed by atoms with Crippen molar-refractivity contribution in [3.05, 3.63) is 36.0 Å². The minimum atomic E-state index is -1.06. The van der Waals surface area contributed by atoms with E-state index in [0.29, 0.717) is 11.2 Å². The van der Waals surface area contributed by atoms with Crippen LogP contribution in [0.25, 0.3) is 10.9 Å². The van der Waals surface area contributed by atoms with Crippen LogP contribution in [0.2, 0.25) is 0 Å². The predicted molar refractivity (Wildman–Crippen MR) is 82.7 cm³/mol. The summed E-state index contributed by atoms with van der Waals surface area (Å²) in [6, 6.07) is 8.91. The minimum absolute atomic E-state index is 0.00440. The van der Waals surface area contributed by atoms with Gasteiger partial charge in [0.15, 0.2) is 5.69 Å². The number of aliphatic hydroxyl groups excluding tert-OH is 1. The molecule has 0 radical (unpaired) electrons. The fourth-order valence-corrected chi connectivity index (χ4v) is 2.36. The first-order chi connectivity index (χ1) is 10.0. The van der Waals surface area contributed by atoms with E-state index in [0.717, 1.165) is 18.2 Å². The van der Waals surface area contributed by atoms with Crippen molar-refractivity contribution in [3.8, 4) is 0 Å². The molecule has 3 N–H and O–H groups in total. The van der Waals surface area contributed by atoms with Crippen LogP contribution in [0.4, 0.5) is 5.69 Å². The van der Waals surface area contributed by atoms with Gasteiger partial charge < -0.3 is 15.5 Å². The number of carbonyl (C=O) groups is 1. The number of rotatable bonds is 6. The van der Waals surface area contributed by atoms with E-state index in [-0.39, 0.29) is 12.3 Å². The van der Waals surface area contributed by atoms with Gasteiger partial charge in [-0.25, -0.2) is 9.78 Å². The van der Waals surface area contributed by atoms with E-state index in [1.165, 1.54) is 6.07 Å². The highest BCUT2D eigenvalue weighted by molar-refractivity contribution is 5.97. The molecule has 0 spiro atoms. The van der Waals surface area contributed by atoms with Gasteiger partial charge in [0.05, 0.1) is 17.7 Å². The highest BCUT2D eigenvalue weighted by Crippen LogP contribution is 2.28. The van der Waals surface area contributed by atoms with E-state index in [4.69, 9.17) is 0 Å². The van der Waals surface area contributed by atoms with Crippen LogP contribution in [0.3, 0.4) is 0 Å². The second-order valence-corrected chi connectivity index (χ2v) is 5.15.